The molecule has 6 heteroatoms. The molecule has 0 saturated carbocycles. The van der Waals surface area contributed by atoms with Crippen molar-refractivity contribution in [1.29, 1.82) is 0 Å². The molecular weight excluding hydrogens is 282 g/mol. The summed E-state index contributed by atoms with van der Waals surface area (Å²) in [6.45, 7) is 0.686. The van der Waals surface area contributed by atoms with Crippen molar-refractivity contribution in [1.82, 2.24) is 9.97 Å². The fourth-order valence-electron chi connectivity index (χ4n) is 1.66. The molecule has 0 aliphatic heterocycles. The molecule has 1 heterocycles. The zero-order chi connectivity index (χ0) is 13.8. The molecule has 2 aromatic rings. The van der Waals surface area contributed by atoms with Crippen molar-refractivity contribution >= 4 is 28.2 Å². The molecule has 19 heavy (non-hydrogen) atoms. The molecule has 0 saturated heterocycles. The van der Waals surface area contributed by atoms with Crippen LogP contribution in [0.3, 0.4) is 0 Å². The molecule has 1 aromatic carbocycles. The molecule has 1 atom stereocenters. The third kappa shape index (κ3) is 3.75. The van der Waals surface area contributed by atoms with Gasteiger partial charge in [-0.05, 0) is 17.7 Å². The molecule has 4 nitrogen and oxygen atoms in total. The lowest BCUT2D eigenvalue weighted by atomic mass is 10.2. The maximum Gasteiger partial charge on any atom is 0.149 e. The lowest BCUT2D eigenvalue weighted by Crippen LogP contribution is -2.17. The number of benzene rings is 1. The Kier molecular flexibility index (Phi) is 4.50. The van der Waals surface area contributed by atoms with Crippen LogP contribution in [0.25, 0.3) is 0 Å². The molecule has 0 radical (unpaired) electrons. The Bertz CT molecular complexity index is 589. The van der Waals surface area contributed by atoms with Crippen LogP contribution < -0.4 is 4.90 Å². The molecule has 0 N–H and O–H groups in total. The average Bonchev–Trinajstić information content (AvgIpc) is 2.39. The van der Waals surface area contributed by atoms with Crippen LogP contribution in [0.15, 0.2) is 41.6 Å². The monoisotopic (exact) mass is 295 g/mol. The average molecular weight is 296 g/mol. The summed E-state index contributed by atoms with van der Waals surface area (Å²) in [5.74, 6) is 0.718. The van der Waals surface area contributed by atoms with Gasteiger partial charge in [0.1, 0.15) is 11.0 Å². The van der Waals surface area contributed by atoms with E-state index in [0.717, 1.165) is 16.3 Å². The van der Waals surface area contributed by atoms with E-state index in [-0.39, 0.29) is 0 Å². The highest BCUT2D eigenvalue weighted by Gasteiger charge is 2.05. The summed E-state index contributed by atoms with van der Waals surface area (Å²) in [6, 6.07) is 7.68. The predicted octanol–water partition coefficient (Wildman–Crippen LogP) is 2.50. The first-order valence-electron chi connectivity index (χ1n) is 5.67. The molecule has 0 fully saturated rings. The van der Waals surface area contributed by atoms with Gasteiger partial charge in [0.05, 0.1) is 12.4 Å². The molecular formula is C13H14ClN3OS. The van der Waals surface area contributed by atoms with E-state index in [9.17, 15) is 4.21 Å². The Morgan fingerprint density at radius 2 is 1.95 bits per heavy atom. The SMILES string of the molecule is CN(Cc1ccc([S@@](C)=O)cc1)c1cncc(Cl)n1. The van der Waals surface area contributed by atoms with E-state index in [1.165, 1.54) is 6.20 Å². The van der Waals surface area contributed by atoms with Gasteiger partial charge in [-0.2, -0.15) is 0 Å². The minimum absolute atomic E-state index is 0.376. The number of halogens is 1. The highest BCUT2D eigenvalue weighted by molar-refractivity contribution is 7.84. The largest absolute Gasteiger partial charge is 0.354 e. The van der Waals surface area contributed by atoms with Gasteiger partial charge in [0.2, 0.25) is 0 Å². The third-order valence-electron chi connectivity index (χ3n) is 2.66. The molecule has 100 valence electrons. The second-order valence-electron chi connectivity index (χ2n) is 4.15. The van der Waals surface area contributed by atoms with Gasteiger partial charge >= 0.3 is 0 Å². The van der Waals surface area contributed by atoms with Gasteiger partial charge in [0.25, 0.3) is 0 Å². The highest BCUT2D eigenvalue weighted by Crippen LogP contribution is 2.15. The second-order valence-corrected chi connectivity index (χ2v) is 5.92. The van der Waals surface area contributed by atoms with Crippen LogP contribution in [0.2, 0.25) is 5.15 Å². The van der Waals surface area contributed by atoms with Gasteiger partial charge in [0, 0.05) is 35.5 Å². The normalized spacial score (nSPS) is 12.2. The number of hydrogen-bond donors (Lipinski definition) is 0. The van der Waals surface area contributed by atoms with E-state index in [1.807, 2.05) is 36.2 Å². The van der Waals surface area contributed by atoms with Crippen LogP contribution >= 0.6 is 11.6 Å². The van der Waals surface area contributed by atoms with Crippen molar-refractivity contribution in [3.63, 3.8) is 0 Å². The van der Waals surface area contributed by atoms with Crippen LogP contribution in [0, 0.1) is 0 Å². The first-order chi connectivity index (χ1) is 9.06. The number of aromatic nitrogens is 2. The van der Waals surface area contributed by atoms with Crippen molar-refractivity contribution in [3.8, 4) is 0 Å². The van der Waals surface area contributed by atoms with Crippen molar-refractivity contribution in [3.05, 3.63) is 47.4 Å². The molecule has 0 unspecified atom stereocenters. The van der Waals surface area contributed by atoms with E-state index < -0.39 is 10.8 Å². The zero-order valence-corrected chi connectivity index (χ0v) is 12.3. The second kappa shape index (κ2) is 6.12. The van der Waals surface area contributed by atoms with E-state index in [2.05, 4.69) is 9.97 Å². The van der Waals surface area contributed by atoms with Crippen LogP contribution in [0.1, 0.15) is 5.56 Å². The number of rotatable bonds is 4. The van der Waals surface area contributed by atoms with E-state index in [1.54, 1.807) is 12.5 Å². The summed E-state index contributed by atoms with van der Waals surface area (Å²) in [4.78, 5) is 11.0. The Morgan fingerprint density at radius 1 is 1.26 bits per heavy atom. The zero-order valence-electron chi connectivity index (χ0n) is 10.7. The van der Waals surface area contributed by atoms with Gasteiger partial charge in [-0.15, -0.1) is 0 Å². The maximum atomic E-state index is 11.3. The van der Waals surface area contributed by atoms with Crippen LogP contribution in [0.5, 0.6) is 0 Å². The smallest absolute Gasteiger partial charge is 0.149 e. The van der Waals surface area contributed by atoms with Gasteiger partial charge in [-0.3, -0.25) is 9.19 Å². The molecule has 2 rings (SSSR count). The lowest BCUT2D eigenvalue weighted by molar-refractivity contribution is 0.687. The van der Waals surface area contributed by atoms with Gasteiger partial charge < -0.3 is 4.90 Å². The molecule has 0 aliphatic rings. The van der Waals surface area contributed by atoms with Crippen molar-refractivity contribution < 1.29 is 4.21 Å². The Balaban J connectivity index is 2.10. The molecule has 0 bridgehead atoms. The number of hydrogen-bond acceptors (Lipinski definition) is 4. The maximum absolute atomic E-state index is 11.3. The van der Waals surface area contributed by atoms with Gasteiger partial charge in [0.15, 0.2) is 0 Å². The summed E-state index contributed by atoms with van der Waals surface area (Å²) in [6.07, 6.45) is 4.84. The fourth-order valence-corrected chi connectivity index (χ4v) is 2.32. The summed E-state index contributed by atoms with van der Waals surface area (Å²) in [7, 11) is 0.980. The summed E-state index contributed by atoms with van der Waals surface area (Å²) in [5.41, 5.74) is 1.11. The first kappa shape index (κ1) is 14.0. The lowest BCUT2D eigenvalue weighted by Gasteiger charge is -2.17. The Morgan fingerprint density at radius 3 is 2.53 bits per heavy atom. The highest BCUT2D eigenvalue weighted by atomic mass is 35.5. The quantitative estimate of drug-likeness (QED) is 0.869. The van der Waals surface area contributed by atoms with E-state index in [0.29, 0.717) is 11.7 Å². The minimum Gasteiger partial charge on any atom is -0.354 e. The van der Waals surface area contributed by atoms with Crippen molar-refractivity contribution in [2.75, 3.05) is 18.2 Å². The standard InChI is InChI=1S/C13H14ClN3OS/c1-17(13-8-15-7-12(14)16-13)9-10-3-5-11(6-4-10)19(2)18/h3-8H,9H2,1-2H3/t19-/m1/s1. The Hall–Kier alpha value is -1.46. The van der Waals surface area contributed by atoms with Gasteiger partial charge in [-0.25, -0.2) is 4.98 Å². The summed E-state index contributed by atoms with van der Waals surface area (Å²) < 4.78 is 11.3. The predicted molar refractivity (Wildman–Crippen MR) is 77.9 cm³/mol. The molecule has 0 amide bonds. The molecule has 1 aromatic heterocycles. The minimum atomic E-state index is -0.942. The van der Waals surface area contributed by atoms with Crippen LogP contribution in [-0.4, -0.2) is 27.5 Å². The van der Waals surface area contributed by atoms with E-state index in [4.69, 9.17) is 11.6 Å². The van der Waals surface area contributed by atoms with Crippen LogP contribution in [-0.2, 0) is 17.3 Å². The number of nitrogens with zero attached hydrogens (tertiary/aromatic N) is 3. The summed E-state index contributed by atoms with van der Waals surface area (Å²) in [5, 5.41) is 0.376. The third-order valence-corrected chi connectivity index (χ3v) is 3.78. The number of anilines is 1. The van der Waals surface area contributed by atoms with Gasteiger partial charge in [-0.1, -0.05) is 23.7 Å². The van der Waals surface area contributed by atoms with E-state index >= 15 is 0 Å². The topological polar surface area (TPSA) is 46.1 Å². The first-order valence-corrected chi connectivity index (χ1v) is 7.61. The Labute approximate surface area is 119 Å². The molecule has 0 aliphatic carbocycles. The van der Waals surface area contributed by atoms with Crippen LogP contribution in [0.4, 0.5) is 5.82 Å². The fraction of sp³-hybridized carbons (Fsp3) is 0.231. The van der Waals surface area contributed by atoms with Crippen molar-refractivity contribution in [2.24, 2.45) is 0 Å². The molecule has 0 spiro atoms. The summed E-state index contributed by atoms with van der Waals surface area (Å²) >= 11 is 5.81. The van der Waals surface area contributed by atoms with Crippen molar-refractivity contribution in [2.45, 2.75) is 11.4 Å².